The predicted molar refractivity (Wildman–Crippen MR) is 100 cm³/mol. The Kier molecular flexibility index (Phi) is 4.74. The van der Waals surface area contributed by atoms with E-state index in [0.717, 1.165) is 18.5 Å². The number of nitrogens with zero attached hydrogens (tertiary/aromatic N) is 4. The standard InChI is InChI=1S/C20H19N5O2/c26-18-12-17(23-19(24-18)16-5-1-2-9-22-16)14-6-10-25(11-7-14)20(27)15-4-3-8-21-13-15/h1-5,8-9,12-14H,6-7,10-11H2,(H,23,24,26). The van der Waals surface area contributed by atoms with Gasteiger partial charge in [-0.15, -0.1) is 0 Å². The first-order chi connectivity index (χ1) is 13.2. The van der Waals surface area contributed by atoms with Gasteiger partial charge < -0.3 is 9.88 Å². The molecule has 0 aromatic carbocycles. The molecule has 27 heavy (non-hydrogen) atoms. The number of aromatic amines is 1. The lowest BCUT2D eigenvalue weighted by molar-refractivity contribution is 0.0711. The summed E-state index contributed by atoms with van der Waals surface area (Å²) >= 11 is 0. The Morgan fingerprint density at radius 3 is 2.67 bits per heavy atom. The van der Waals surface area contributed by atoms with Crippen LogP contribution in [0, 0.1) is 0 Å². The molecule has 1 aliphatic heterocycles. The number of likely N-dealkylation sites (tertiary alicyclic amines) is 1. The summed E-state index contributed by atoms with van der Waals surface area (Å²) in [7, 11) is 0. The van der Waals surface area contributed by atoms with Gasteiger partial charge in [-0.2, -0.15) is 0 Å². The highest BCUT2D eigenvalue weighted by atomic mass is 16.2. The van der Waals surface area contributed by atoms with Gasteiger partial charge in [0.15, 0.2) is 5.82 Å². The number of pyridine rings is 2. The molecule has 0 aliphatic carbocycles. The Hall–Kier alpha value is -3.35. The van der Waals surface area contributed by atoms with Crippen LogP contribution in [0.1, 0.15) is 34.8 Å². The smallest absolute Gasteiger partial charge is 0.255 e. The van der Waals surface area contributed by atoms with Gasteiger partial charge >= 0.3 is 0 Å². The molecule has 4 heterocycles. The van der Waals surface area contributed by atoms with Crippen LogP contribution in [0.5, 0.6) is 0 Å². The van der Waals surface area contributed by atoms with Crippen molar-refractivity contribution >= 4 is 5.91 Å². The third-order valence-corrected chi connectivity index (χ3v) is 4.78. The molecule has 1 aliphatic rings. The molecule has 0 atom stereocenters. The molecule has 0 saturated carbocycles. The Morgan fingerprint density at radius 1 is 1.11 bits per heavy atom. The minimum Gasteiger partial charge on any atom is -0.339 e. The fourth-order valence-corrected chi connectivity index (χ4v) is 3.36. The van der Waals surface area contributed by atoms with Crippen LogP contribution in [-0.2, 0) is 0 Å². The zero-order valence-corrected chi connectivity index (χ0v) is 14.7. The molecule has 0 bridgehead atoms. The first-order valence-corrected chi connectivity index (χ1v) is 8.92. The van der Waals surface area contributed by atoms with Crippen molar-refractivity contribution in [1.29, 1.82) is 0 Å². The van der Waals surface area contributed by atoms with E-state index < -0.39 is 0 Å². The summed E-state index contributed by atoms with van der Waals surface area (Å²) in [5.74, 6) is 0.620. The van der Waals surface area contributed by atoms with Crippen molar-refractivity contribution in [3.05, 3.63) is 76.6 Å². The Morgan fingerprint density at radius 2 is 1.96 bits per heavy atom. The summed E-state index contributed by atoms with van der Waals surface area (Å²) in [5.41, 5.74) is 1.81. The maximum absolute atomic E-state index is 12.5. The van der Waals surface area contributed by atoms with E-state index in [1.807, 2.05) is 23.1 Å². The van der Waals surface area contributed by atoms with E-state index in [2.05, 4.69) is 19.9 Å². The van der Waals surface area contributed by atoms with E-state index in [1.165, 1.54) is 0 Å². The van der Waals surface area contributed by atoms with Gasteiger partial charge in [-0.3, -0.25) is 19.6 Å². The van der Waals surface area contributed by atoms with E-state index in [1.54, 1.807) is 36.8 Å². The second kappa shape index (κ2) is 7.49. The summed E-state index contributed by atoms with van der Waals surface area (Å²) in [6, 6.07) is 10.6. The first-order valence-electron chi connectivity index (χ1n) is 8.92. The highest BCUT2D eigenvalue weighted by Gasteiger charge is 2.26. The molecule has 136 valence electrons. The van der Waals surface area contributed by atoms with E-state index in [0.29, 0.717) is 30.2 Å². The van der Waals surface area contributed by atoms with Crippen LogP contribution in [0.4, 0.5) is 0 Å². The fourth-order valence-electron chi connectivity index (χ4n) is 3.36. The number of amides is 1. The van der Waals surface area contributed by atoms with Gasteiger partial charge in [0.05, 0.1) is 11.3 Å². The van der Waals surface area contributed by atoms with Crippen molar-refractivity contribution in [3.8, 4) is 11.5 Å². The van der Waals surface area contributed by atoms with E-state index in [4.69, 9.17) is 0 Å². The summed E-state index contributed by atoms with van der Waals surface area (Å²) < 4.78 is 0. The summed E-state index contributed by atoms with van der Waals surface area (Å²) in [6.07, 6.45) is 6.45. The number of hydrogen-bond donors (Lipinski definition) is 1. The second-order valence-corrected chi connectivity index (χ2v) is 6.54. The molecule has 3 aromatic rings. The van der Waals surface area contributed by atoms with Gasteiger partial charge in [0.25, 0.3) is 11.5 Å². The molecule has 1 fully saturated rings. The Labute approximate surface area is 156 Å². The number of H-pyrrole nitrogens is 1. The number of nitrogens with one attached hydrogen (secondary N) is 1. The zero-order valence-electron chi connectivity index (χ0n) is 14.7. The maximum atomic E-state index is 12.5. The average Bonchev–Trinajstić information content (AvgIpc) is 2.74. The van der Waals surface area contributed by atoms with Gasteiger partial charge in [-0.1, -0.05) is 6.07 Å². The Balaban J connectivity index is 1.49. The van der Waals surface area contributed by atoms with Gasteiger partial charge in [0, 0.05) is 43.7 Å². The highest BCUT2D eigenvalue weighted by Crippen LogP contribution is 2.27. The monoisotopic (exact) mass is 361 g/mol. The number of hydrogen-bond acceptors (Lipinski definition) is 5. The average molecular weight is 361 g/mol. The molecular weight excluding hydrogens is 342 g/mol. The molecule has 1 saturated heterocycles. The largest absolute Gasteiger partial charge is 0.339 e. The summed E-state index contributed by atoms with van der Waals surface area (Å²) in [5, 5.41) is 0. The van der Waals surface area contributed by atoms with E-state index in [-0.39, 0.29) is 17.4 Å². The highest BCUT2D eigenvalue weighted by molar-refractivity contribution is 5.93. The number of carbonyl (C=O) groups is 1. The molecule has 0 unspecified atom stereocenters. The lowest BCUT2D eigenvalue weighted by atomic mass is 9.93. The van der Waals surface area contributed by atoms with Crippen molar-refractivity contribution in [1.82, 2.24) is 24.8 Å². The molecule has 0 spiro atoms. The van der Waals surface area contributed by atoms with Crippen molar-refractivity contribution in [2.45, 2.75) is 18.8 Å². The van der Waals surface area contributed by atoms with Crippen LogP contribution >= 0.6 is 0 Å². The van der Waals surface area contributed by atoms with Crippen LogP contribution in [0.25, 0.3) is 11.5 Å². The molecule has 1 amide bonds. The minimum absolute atomic E-state index is 0.00501. The van der Waals surface area contributed by atoms with Crippen LogP contribution in [0.2, 0.25) is 0 Å². The van der Waals surface area contributed by atoms with Crippen LogP contribution in [0.15, 0.2) is 59.8 Å². The van der Waals surface area contributed by atoms with Crippen LogP contribution in [0.3, 0.4) is 0 Å². The van der Waals surface area contributed by atoms with Crippen molar-refractivity contribution < 1.29 is 4.79 Å². The van der Waals surface area contributed by atoms with Gasteiger partial charge in [0.2, 0.25) is 0 Å². The van der Waals surface area contributed by atoms with Gasteiger partial charge in [-0.05, 0) is 37.1 Å². The zero-order chi connectivity index (χ0) is 18.6. The summed E-state index contributed by atoms with van der Waals surface area (Å²) in [6.45, 7) is 1.26. The minimum atomic E-state index is -0.186. The normalized spacial score (nSPS) is 14.9. The third-order valence-electron chi connectivity index (χ3n) is 4.78. The molecular formula is C20H19N5O2. The molecule has 1 N–H and O–H groups in total. The number of rotatable bonds is 3. The van der Waals surface area contributed by atoms with Crippen molar-refractivity contribution in [3.63, 3.8) is 0 Å². The van der Waals surface area contributed by atoms with Crippen LogP contribution in [-0.4, -0.2) is 43.8 Å². The van der Waals surface area contributed by atoms with E-state index >= 15 is 0 Å². The SMILES string of the molecule is O=C(c1cccnc1)N1CCC(c2cc(=O)[nH]c(-c3ccccn3)n2)CC1. The quantitative estimate of drug-likeness (QED) is 0.772. The fraction of sp³-hybridized carbons (Fsp3) is 0.250. The van der Waals surface area contributed by atoms with Gasteiger partial charge in [-0.25, -0.2) is 4.98 Å². The second-order valence-electron chi connectivity index (χ2n) is 6.54. The summed E-state index contributed by atoms with van der Waals surface area (Å²) in [4.78, 5) is 42.1. The molecule has 3 aromatic heterocycles. The number of aromatic nitrogens is 4. The molecule has 0 radical (unpaired) electrons. The maximum Gasteiger partial charge on any atom is 0.255 e. The number of carbonyl (C=O) groups excluding carboxylic acids is 1. The molecule has 4 rings (SSSR count). The molecule has 7 heteroatoms. The lowest BCUT2D eigenvalue weighted by Crippen LogP contribution is -2.38. The van der Waals surface area contributed by atoms with Crippen LogP contribution < -0.4 is 5.56 Å². The van der Waals surface area contributed by atoms with E-state index in [9.17, 15) is 9.59 Å². The molecule has 7 nitrogen and oxygen atoms in total. The Bertz CT molecular complexity index is 980. The first kappa shape index (κ1) is 17.1. The van der Waals surface area contributed by atoms with Crippen molar-refractivity contribution in [2.24, 2.45) is 0 Å². The van der Waals surface area contributed by atoms with Crippen molar-refractivity contribution in [2.75, 3.05) is 13.1 Å². The topological polar surface area (TPSA) is 91.8 Å². The van der Waals surface area contributed by atoms with Gasteiger partial charge in [0.1, 0.15) is 5.69 Å². The lowest BCUT2D eigenvalue weighted by Gasteiger charge is -2.31. The predicted octanol–water partition coefficient (Wildman–Crippen LogP) is 2.25. The number of piperidine rings is 1. The third kappa shape index (κ3) is 3.76.